The Morgan fingerprint density at radius 1 is 1.06 bits per heavy atom. The van der Waals surface area contributed by atoms with Gasteiger partial charge in [-0.2, -0.15) is 0 Å². The smallest absolute Gasteiger partial charge is 0.406 e. The van der Waals surface area contributed by atoms with Gasteiger partial charge in [-0.3, -0.25) is 0 Å². The zero-order chi connectivity index (χ0) is 13.1. The van der Waals surface area contributed by atoms with Crippen molar-refractivity contribution in [2.75, 3.05) is 0 Å². The normalized spacial score (nSPS) is 12.0. The first-order valence-electron chi connectivity index (χ1n) is 4.94. The molecule has 0 aromatic heterocycles. The third-order valence-corrected chi connectivity index (χ3v) is 2.56. The molecule has 1 nitrogen and oxygen atoms in total. The van der Waals surface area contributed by atoms with Crippen LogP contribution in [0.5, 0.6) is 5.75 Å². The molecule has 0 aliphatic carbocycles. The molecule has 17 heavy (non-hydrogen) atoms. The van der Waals surface area contributed by atoms with Gasteiger partial charge in [0.25, 0.3) is 0 Å². The van der Waals surface area contributed by atoms with Gasteiger partial charge >= 0.3 is 6.36 Å². The van der Waals surface area contributed by atoms with Crippen molar-refractivity contribution in [2.24, 2.45) is 0 Å². The number of hydrogen-bond acceptors (Lipinski definition) is 1. The van der Waals surface area contributed by atoms with Crippen LogP contribution in [0.3, 0.4) is 0 Å². The van der Waals surface area contributed by atoms with Gasteiger partial charge in [-0.25, -0.2) is 0 Å². The second-order valence-corrected chi connectivity index (χ2v) is 3.76. The predicted molar refractivity (Wildman–Crippen MR) is 60.9 cm³/mol. The number of benzene rings is 1. The molecule has 0 amide bonds. The molecule has 0 aliphatic heterocycles. The number of rotatable bonds is 4. The summed E-state index contributed by atoms with van der Waals surface area (Å²) in [4.78, 5) is 0. The monoisotopic (exact) mass is 242 g/mol. The zero-order valence-electron chi connectivity index (χ0n) is 9.42. The van der Waals surface area contributed by atoms with E-state index in [1.54, 1.807) is 24.3 Å². The van der Waals surface area contributed by atoms with Gasteiger partial charge in [-0.15, -0.1) is 26.3 Å². The lowest BCUT2D eigenvalue weighted by Gasteiger charge is -2.22. The summed E-state index contributed by atoms with van der Waals surface area (Å²) >= 11 is 0. The first-order chi connectivity index (χ1) is 7.80. The highest BCUT2D eigenvalue weighted by Gasteiger charge is 2.31. The van der Waals surface area contributed by atoms with Crippen LogP contribution in [0.1, 0.15) is 12.5 Å². The quantitative estimate of drug-likeness (QED) is 0.718. The Morgan fingerprint density at radius 2 is 1.53 bits per heavy atom. The number of allylic oxidation sites excluding steroid dienone is 2. The lowest BCUT2D eigenvalue weighted by atomic mass is 9.83. The molecular weight excluding hydrogens is 229 g/mol. The fraction of sp³-hybridized carbons (Fsp3) is 0.231. The van der Waals surface area contributed by atoms with Crippen LogP contribution in [-0.4, -0.2) is 6.36 Å². The lowest BCUT2D eigenvalue weighted by Crippen LogP contribution is -2.18. The molecule has 0 saturated heterocycles. The third kappa shape index (κ3) is 3.37. The van der Waals surface area contributed by atoms with Gasteiger partial charge in [-0.05, 0) is 24.6 Å². The average molecular weight is 242 g/mol. The van der Waals surface area contributed by atoms with Gasteiger partial charge in [-0.1, -0.05) is 24.3 Å². The molecule has 0 radical (unpaired) electrons. The minimum absolute atomic E-state index is 0.239. The predicted octanol–water partition coefficient (Wildman–Crippen LogP) is 4.21. The summed E-state index contributed by atoms with van der Waals surface area (Å²) < 4.78 is 39.6. The van der Waals surface area contributed by atoms with Crippen LogP contribution in [0.2, 0.25) is 0 Å². The Balaban J connectivity index is 2.96. The maximum absolute atomic E-state index is 12.0. The summed E-state index contributed by atoms with van der Waals surface area (Å²) in [5.41, 5.74) is 0.341. The highest BCUT2D eigenvalue weighted by atomic mass is 19.4. The summed E-state index contributed by atoms with van der Waals surface area (Å²) in [5, 5.41) is 0. The standard InChI is InChI=1S/C13H13F3O/c1-4-12(3,5-2)10-6-8-11(9-7-10)17-13(14,15)16/h4-9H,1-2H2,3H3. The Morgan fingerprint density at radius 3 is 1.88 bits per heavy atom. The van der Waals surface area contributed by atoms with Crippen LogP contribution in [0, 0.1) is 0 Å². The van der Waals surface area contributed by atoms with E-state index in [0.29, 0.717) is 0 Å². The van der Waals surface area contributed by atoms with Crippen LogP contribution in [0.4, 0.5) is 13.2 Å². The van der Waals surface area contributed by atoms with Crippen LogP contribution >= 0.6 is 0 Å². The summed E-state index contributed by atoms with van der Waals surface area (Å²) in [6.45, 7) is 9.23. The maximum Gasteiger partial charge on any atom is 0.573 e. The van der Waals surface area contributed by atoms with Gasteiger partial charge < -0.3 is 4.74 Å². The summed E-state index contributed by atoms with van der Waals surface area (Å²) in [7, 11) is 0. The van der Waals surface area contributed by atoms with E-state index < -0.39 is 11.8 Å². The molecule has 0 saturated carbocycles. The summed E-state index contributed by atoms with van der Waals surface area (Å²) in [5.74, 6) is -0.239. The molecule has 1 aromatic rings. The molecule has 1 aromatic carbocycles. The molecule has 0 heterocycles. The van der Waals surface area contributed by atoms with Crippen LogP contribution in [0.15, 0.2) is 49.6 Å². The minimum Gasteiger partial charge on any atom is -0.406 e. The van der Waals surface area contributed by atoms with Crippen molar-refractivity contribution in [1.82, 2.24) is 0 Å². The molecule has 0 spiro atoms. The second kappa shape index (κ2) is 4.65. The van der Waals surface area contributed by atoms with E-state index in [2.05, 4.69) is 17.9 Å². The van der Waals surface area contributed by atoms with Gasteiger partial charge in [0.15, 0.2) is 0 Å². The van der Waals surface area contributed by atoms with E-state index in [1.807, 2.05) is 6.92 Å². The minimum atomic E-state index is -4.66. The average Bonchev–Trinajstić information content (AvgIpc) is 2.27. The zero-order valence-corrected chi connectivity index (χ0v) is 9.42. The molecular formula is C13H13F3O. The Hall–Kier alpha value is -1.71. The van der Waals surface area contributed by atoms with E-state index in [-0.39, 0.29) is 5.75 Å². The topological polar surface area (TPSA) is 9.23 Å². The Kier molecular flexibility index (Phi) is 3.66. The number of ether oxygens (including phenoxy) is 1. The van der Waals surface area contributed by atoms with Crippen molar-refractivity contribution >= 4 is 0 Å². The van der Waals surface area contributed by atoms with Gasteiger partial charge in [0.1, 0.15) is 5.75 Å². The van der Waals surface area contributed by atoms with Crippen molar-refractivity contribution in [1.29, 1.82) is 0 Å². The number of halogens is 3. The fourth-order valence-corrected chi connectivity index (χ4v) is 1.33. The van der Waals surface area contributed by atoms with Crippen molar-refractivity contribution in [3.63, 3.8) is 0 Å². The van der Waals surface area contributed by atoms with E-state index in [1.165, 1.54) is 12.1 Å². The SMILES string of the molecule is C=CC(C)(C=C)c1ccc(OC(F)(F)F)cc1. The molecule has 0 aliphatic rings. The van der Waals surface area contributed by atoms with Crippen LogP contribution in [0.25, 0.3) is 0 Å². The molecule has 0 N–H and O–H groups in total. The molecule has 0 fully saturated rings. The van der Waals surface area contributed by atoms with Crippen molar-refractivity contribution < 1.29 is 17.9 Å². The number of alkyl halides is 3. The van der Waals surface area contributed by atoms with Crippen molar-refractivity contribution in [3.05, 3.63) is 55.1 Å². The van der Waals surface area contributed by atoms with E-state index in [4.69, 9.17) is 0 Å². The maximum atomic E-state index is 12.0. The summed E-state index contributed by atoms with van der Waals surface area (Å²) in [6.07, 6.45) is -1.30. The van der Waals surface area contributed by atoms with Crippen molar-refractivity contribution in [3.8, 4) is 5.75 Å². The molecule has 0 unspecified atom stereocenters. The fourth-order valence-electron chi connectivity index (χ4n) is 1.33. The highest BCUT2D eigenvalue weighted by Crippen LogP contribution is 2.29. The molecule has 92 valence electrons. The van der Waals surface area contributed by atoms with Crippen LogP contribution < -0.4 is 4.74 Å². The Bertz CT molecular complexity index is 396. The first kappa shape index (κ1) is 13.4. The molecule has 1 rings (SSSR count). The van der Waals surface area contributed by atoms with E-state index in [9.17, 15) is 13.2 Å². The van der Waals surface area contributed by atoms with Crippen LogP contribution in [-0.2, 0) is 5.41 Å². The lowest BCUT2D eigenvalue weighted by molar-refractivity contribution is -0.274. The van der Waals surface area contributed by atoms with Crippen molar-refractivity contribution in [2.45, 2.75) is 18.7 Å². The third-order valence-electron chi connectivity index (χ3n) is 2.56. The largest absolute Gasteiger partial charge is 0.573 e. The number of hydrogen-bond donors (Lipinski definition) is 0. The Labute approximate surface area is 98.2 Å². The van der Waals surface area contributed by atoms with E-state index >= 15 is 0 Å². The first-order valence-corrected chi connectivity index (χ1v) is 4.94. The van der Waals surface area contributed by atoms with E-state index in [0.717, 1.165) is 5.56 Å². The molecule has 0 bridgehead atoms. The molecule has 0 atom stereocenters. The van der Waals surface area contributed by atoms with Gasteiger partial charge in [0, 0.05) is 5.41 Å². The molecule has 4 heteroatoms. The van der Waals surface area contributed by atoms with Gasteiger partial charge in [0.05, 0.1) is 0 Å². The van der Waals surface area contributed by atoms with Gasteiger partial charge in [0.2, 0.25) is 0 Å². The second-order valence-electron chi connectivity index (χ2n) is 3.76. The highest BCUT2D eigenvalue weighted by molar-refractivity contribution is 5.38. The summed E-state index contributed by atoms with van der Waals surface area (Å²) in [6, 6.07) is 5.66.